The topological polar surface area (TPSA) is 69.0 Å². The minimum atomic E-state index is -0.671. The van der Waals surface area contributed by atoms with Crippen LogP contribution in [0.25, 0.3) is 11.0 Å². The Bertz CT molecular complexity index is 1440. The van der Waals surface area contributed by atoms with Gasteiger partial charge in [0.1, 0.15) is 17.1 Å². The number of halogens is 1. The molecule has 6 nitrogen and oxygen atoms in total. The summed E-state index contributed by atoms with van der Waals surface area (Å²) in [7, 11) is 0. The summed E-state index contributed by atoms with van der Waals surface area (Å²) in [5.74, 6) is 1.08. The molecular formula is C28H24ClNO5. The van der Waals surface area contributed by atoms with Crippen molar-refractivity contribution in [2.24, 2.45) is 0 Å². The van der Waals surface area contributed by atoms with Crippen LogP contribution >= 0.6 is 11.6 Å². The highest BCUT2D eigenvalue weighted by Crippen LogP contribution is 2.42. The minimum Gasteiger partial charge on any atom is -0.494 e. The first-order valence-electron chi connectivity index (χ1n) is 11.6. The van der Waals surface area contributed by atoms with E-state index >= 15 is 0 Å². The molecule has 4 aromatic rings. The third kappa shape index (κ3) is 4.15. The van der Waals surface area contributed by atoms with Crippen molar-refractivity contribution in [2.75, 3.05) is 18.1 Å². The van der Waals surface area contributed by atoms with Gasteiger partial charge in [-0.1, -0.05) is 30.7 Å². The number of fused-ring (bicyclic) bond motifs is 2. The van der Waals surface area contributed by atoms with Crippen LogP contribution in [0.2, 0.25) is 5.02 Å². The zero-order valence-electron chi connectivity index (χ0n) is 19.4. The average molecular weight is 490 g/mol. The first-order chi connectivity index (χ1) is 17.0. The highest BCUT2D eigenvalue weighted by atomic mass is 35.5. The molecule has 1 atom stereocenters. The number of nitrogens with zero attached hydrogens (tertiary/aromatic N) is 1. The molecule has 1 unspecified atom stereocenters. The van der Waals surface area contributed by atoms with E-state index in [0.717, 1.165) is 17.7 Å². The number of carbonyl (C=O) groups excluding carboxylic acids is 1. The Morgan fingerprint density at radius 2 is 1.60 bits per heavy atom. The van der Waals surface area contributed by atoms with Gasteiger partial charge in [0.15, 0.2) is 5.43 Å². The van der Waals surface area contributed by atoms with Gasteiger partial charge in [0.05, 0.1) is 30.2 Å². The van der Waals surface area contributed by atoms with E-state index < -0.39 is 6.04 Å². The van der Waals surface area contributed by atoms with E-state index in [1.165, 1.54) is 0 Å². The Morgan fingerprint density at radius 1 is 0.914 bits per heavy atom. The monoisotopic (exact) mass is 489 g/mol. The molecule has 7 heteroatoms. The second-order valence-electron chi connectivity index (χ2n) is 8.24. The number of amides is 1. The largest absolute Gasteiger partial charge is 0.494 e. The fraction of sp³-hybridized carbons (Fsp3) is 0.214. The van der Waals surface area contributed by atoms with E-state index in [0.29, 0.717) is 46.2 Å². The lowest BCUT2D eigenvalue weighted by Gasteiger charge is -2.25. The van der Waals surface area contributed by atoms with Crippen molar-refractivity contribution < 1.29 is 18.7 Å². The number of benzene rings is 3. The predicted molar refractivity (Wildman–Crippen MR) is 136 cm³/mol. The summed E-state index contributed by atoms with van der Waals surface area (Å²) in [5.41, 5.74) is 1.73. The van der Waals surface area contributed by atoms with Crippen LogP contribution in [-0.2, 0) is 0 Å². The molecule has 0 fully saturated rings. The van der Waals surface area contributed by atoms with E-state index in [-0.39, 0.29) is 17.1 Å². The highest BCUT2D eigenvalue weighted by Gasteiger charge is 2.43. The van der Waals surface area contributed by atoms with Crippen LogP contribution in [0, 0.1) is 0 Å². The third-order valence-corrected chi connectivity index (χ3v) is 6.16. The number of hydrogen-bond donors (Lipinski definition) is 0. The lowest BCUT2D eigenvalue weighted by atomic mass is 9.98. The molecule has 0 N–H and O–H groups in total. The Kier molecular flexibility index (Phi) is 6.22. The maximum Gasteiger partial charge on any atom is 0.295 e. The molecule has 1 aromatic heterocycles. The molecule has 178 valence electrons. The van der Waals surface area contributed by atoms with Gasteiger partial charge in [0.2, 0.25) is 5.76 Å². The van der Waals surface area contributed by atoms with Crippen molar-refractivity contribution >= 4 is 34.2 Å². The van der Waals surface area contributed by atoms with Crippen LogP contribution in [0.5, 0.6) is 11.5 Å². The fourth-order valence-corrected chi connectivity index (χ4v) is 4.53. The number of anilines is 1. The van der Waals surface area contributed by atoms with Gasteiger partial charge < -0.3 is 13.9 Å². The fourth-order valence-electron chi connectivity index (χ4n) is 4.36. The maximum atomic E-state index is 13.7. The predicted octanol–water partition coefficient (Wildman–Crippen LogP) is 6.38. The molecule has 1 aliphatic heterocycles. The second-order valence-corrected chi connectivity index (χ2v) is 8.67. The van der Waals surface area contributed by atoms with Crippen molar-refractivity contribution in [3.8, 4) is 11.5 Å². The number of ether oxygens (including phenoxy) is 2. The average Bonchev–Trinajstić information content (AvgIpc) is 3.16. The Morgan fingerprint density at radius 3 is 2.29 bits per heavy atom. The van der Waals surface area contributed by atoms with Gasteiger partial charge in [0.25, 0.3) is 5.91 Å². The third-order valence-electron chi connectivity index (χ3n) is 5.93. The first kappa shape index (κ1) is 23.0. The van der Waals surface area contributed by atoms with E-state index in [4.69, 9.17) is 25.5 Å². The number of rotatable bonds is 7. The van der Waals surface area contributed by atoms with Crippen molar-refractivity contribution in [1.29, 1.82) is 0 Å². The standard InChI is InChI=1S/C28H24ClNO5/c1-3-15-34-21-10-5-17(6-11-21)25-24-26(31)22-16-18(29)7-14-23(22)35-27(24)28(32)30(25)19-8-12-20(13-9-19)33-4-2/h5-14,16,25H,3-4,15H2,1-2H3. The number of carbonyl (C=O) groups is 1. The second kappa shape index (κ2) is 9.47. The molecule has 0 saturated heterocycles. The molecule has 0 radical (unpaired) electrons. The summed E-state index contributed by atoms with van der Waals surface area (Å²) in [4.78, 5) is 28.9. The molecule has 0 spiro atoms. The van der Waals surface area contributed by atoms with E-state index in [1.54, 1.807) is 35.2 Å². The molecular weight excluding hydrogens is 466 g/mol. The van der Waals surface area contributed by atoms with Crippen LogP contribution in [0.4, 0.5) is 5.69 Å². The summed E-state index contributed by atoms with van der Waals surface area (Å²) in [6, 6.07) is 18.8. The Hall–Kier alpha value is -3.77. The molecule has 3 aromatic carbocycles. The smallest absolute Gasteiger partial charge is 0.295 e. The number of hydrogen-bond acceptors (Lipinski definition) is 5. The van der Waals surface area contributed by atoms with Gasteiger partial charge in [-0.3, -0.25) is 14.5 Å². The molecule has 2 heterocycles. The molecule has 0 aliphatic carbocycles. The van der Waals surface area contributed by atoms with Crippen molar-refractivity contribution in [2.45, 2.75) is 26.3 Å². The molecule has 0 bridgehead atoms. The maximum absolute atomic E-state index is 13.7. The van der Waals surface area contributed by atoms with Gasteiger partial charge in [-0.15, -0.1) is 0 Å². The molecule has 1 aliphatic rings. The molecule has 5 rings (SSSR count). The van der Waals surface area contributed by atoms with Crippen molar-refractivity contribution in [1.82, 2.24) is 0 Å². The highest BCUT2D eigenvalue weighted by molar-refractivity contribution is 6.31. The Labute approximate surface area is 207 Å². The van der Waals surface area contributed by atoms with Gasteiger partial charge >= 0.3 is 0 Å². The van der Waals surface area contributed by atoms with Gasteiger partial charge in [0, 0.05) is 10.7 Å². The normalized spacial score (nSPS) is 14.9. The van der Waals surface area contributed by atoms with Gasteiger partial charge in [-0.25, -0.2) is 0 Å². The summed E-state index contributed by atoms with van der Waals surface area (Å²) < 4.78 is 17.3. The van der Waals surface area contributed by atoms with E-state index in [2.05, 4.69) is 0 Å². The Balaban J connectivity index is 1.68. The molecule has 1 amide bonds. The van der Waals surface area contributed by atoms with Crippen molar-refractivity contribution in [3.63, 3.8) is 0 Å². The zero-order valence-corrected chi connectivity index (χ0v) is 20.2. The van der Waals surface area contributed by atoms with E-state index in [1.807, 2.05) is 50.2 Å². The van der Waals surface area contributed by atoms with Crippen molar-refractivity contribution in [3.05, 3.63) is 98.9 Å². The lowest BCUT2D eigenvalue weighted by molar-refractivity contribution is 0.0971. The van der Waals surface area contributed by atoms with Gasteiger partial charge in [-0.05, 0) is 73.5 Å². The minimum absolute atomic E-state index is 0.0371. The summed E-state index contributed by atoms with van der Waals surface area (Å²) in [5, 5.41) is 0.761. The van der Waals surface area contributed by atoms with Crippen LogP contribution in [-0.4, -0.2) is 19.1 Å². The van der Waals surface area contributed by atoms with Gasteiger partial charge in [-0.2, -0.15) is 0 Å². The van der Waals surface area contributed by atoms with Crippen LogP contribution in [0.15, 0.2) is 75.9 Å². The van der Waals surface area contributed by atoms with Crippen LogP contribution < -0.4 is 19.8 Å². The first-order valence-corrected chi connectivity index (χ1v) is 11.9. The summed E-state index contributed by atoms with van der Waals surface area (Å²) in [6.07, 6.45) is 0.897. The quantitative estimate of drug-likeness (QED) is 0.301. The SMILES string of the molecule is CCCOc1ccc(C2c3c(oc4ccc(Cl)cc4c3=O)C(=O)N2c2ccc(OCC)cc2)cc1. The molecule has 35 heavy (non-hydrogen) atoms. The molecule has 0 saturated carbocycles. The van der Waals surface area contributed by atoms with Crippen LogP contribution in [0.1, 0.15) is 48.0 Å². The van der Waals surface area contributed by atoms with E-state index in [9.17, 15) is 9.59 Å². The summed E-state index contributed by atoms with van der Waals surface area (Å²) in [6.45, 7) is 5.10. The lowest BCUT2D eigenvalue weighted by Crippen LogP contribution is -2.29. The zero-order chi connectivity index (χ0) is 24.5. The van der Waals surface area contributed by atoms with Crippen LogP contribution in [0.3, 0.4) is 0 Å². The summed E-state index contributed by atoms with van der Waals surface area (Å²) >= 11 is 6.16.